The first-order valence-electron chi connectivity index (χ1n) is 3.25. The molecule has 0 heterocycles. The highest BCUT2D eigenvalue weighted by atomic mass is 79.9. The summed E-state index contributed by atoms with van der Waals surface area (Å²) in [6.07, 6.45) is 0. The van der Waals surface area contributed by atoms with Crippen LogP contribution in [0, 0.1) is 6.92 Å². The van der Waals surface area contributed by atoms with Crippen LogP contribution < -0.4 is 0 Å². The summed E-state index contributed by atoms with van der Waals surface area (Å²) in [5, 5.41) is 0. The Morgan fingerprint density at radius 1 is 1.23 bits per heavy atom. The molecule has 0 aliphatic carbocycles. The minimum Gasteiger partial charge on any atom is -0.282 e. The van der Waals surface area contributed by atoms with E-state index in [-0.39, 0.29) is 4.90 Å². The van der Waals surface area contributed by atoms with Crippen molar-refractivity contribution in [3.63, 3.8) is 0 Å². The zero-order valence-corrected chi connectivity index (χ0v) is 10.6. The van der Waals surface area contributed by atoms with Crippen LogP contribution in [0.2, 0.25) is 0 Å². The van der Waals surface area contributed by atoms with Gasteiger partial charge in [0.05, 0.1) is 0 Å². The lowest BCUT2D eigenvalue weighted by molar-refractivity contribution is 0.482. The van der Waals surface area contributed by atoms with Gasteiger partial charge in [0.2, 0.25) is 0 Å². The molecule has 0 aliphatic rings. The number of hydrogen-bond donors (Lipinski definition) is 1. The summed E-state index contributed by atoms with van der Waals surface area (Å²) in [5.74, 6) is 0. The minimum absolute atomic E-state index is 0.141. The fourth-order valence-electron chi connectivity index (χ4n) is 0.933. The predicted molar refractivity (Wildman–Crippen MR) is 56.4 cm³/mol. The second-order valence-electron chi connectivity index (χ2n) is 2.53. The molecule has 0 saturated carbocycles. The Labute approximate surface area is 93.2 Å². The van der Waals surface area contributed by atoms with Gasteiger partial charge >= 0.3 is 0 Å². The molecular formula is C7H6Br2O3S. The maximum absolute atomic E-state index is 10.9. The third-order valence-corrected chi connectivity index (χ3v) is 4.13. The second kappa shape index (κ2) is 3.68. The molecular weight excluding hydrogens is 324 g/mol. The van der Waals surface area contributed by atoms with Crippen molar-refractivity contribution < 1.29 is 13.0 Å². The minimum atomic E-state index is -4.17. The highest BCUT2D eigenvalue weighted by Crippen LogP contribution is 2.30. The molecule has 6 heteroatoms. The van der Waals surface area contributed by atoms with Gasteiger partial charge < -0.3 is 0 Å². The highest BCUT2D eigenvalue weighted by Gasteiger charge is 2.18. The van der Waals surface area contributed by atoms with E-state index in [9.17, 15) is 8.42 Å². The fourth-order valence-corrected chi connectivity index (χ4v) is 4.19. The molecule has 3 nitrogen and oxygen atoms in total. The van der Waals surface area contributed by atoms with E-state index < -0.39 is 10.1 Å². The summed E-state index contributed by atoms with van der Waals surface area (Å²) < 4.78 is 31.3. The van der Waals surface area contributed by atoms with E-state index in [0.717, 1.165) is 5.56 Å². The molecule has 0 amide bonds. The molecule has 13 heavy (non-hydrogen) atoms. The third-order valence-electron chi connectivity index (χ3n) is 1.40. The van der Waals surface area contributed by atoms with Gasteiger partial charge in [-0.3, -0.25) is 4.55 Å². The largest absolute Gasteiger partial charge is 0.296 e. The Balaban J connectivity index is 3.57. The number of aryl methyl sites for hydroxylation is 1. The van der Waals surface area contributed by atoms with Gasteiger partial charge in [-0.1, -0.05) is 0 Å². The smallest absolute Gasteiger partial charge is 0.282 e. The summed E-state index contributed by atoms with van der Waals surface area (Å²) in [5.41, 5.74) is 0.895. The van der Waals surface area contributed by atoms with Crippen LogP contribution in [0.5, 0.6) is 0 Å². The van der Waals surface area contributed by atoms with Crippen LogP contribution in [0.25, 0.3) is 0 Å². The topological polar surface area (TPSA) is 54.4 Å². The Bertz CT molecular complexity index is 416. The molecule has 0 aromatic heterocycles. The van der Waals surface area contributed by atoms with Gasteiger partial charge in [0.25, 0.3) is 10.1 Å². The van der Waals surface area contributed by atoms with Crippen molar-refractivity contribution in [2.45, 2.75) is 11.8 Å². The second-order valence-corrected chi connectivity index (χ2v) is 5.60. The molecule has 0 bridgehead atoms. The molecule has 1 aromatic carbocycles. The van der Waals surface area contributed by atoms with Crippen molar-refractivity contribution in [2.75, 3.05) is 0 Å². The zero-order chi connectivity index (χ0) is 10.2. The maximum Gasteiger partial charge on any atom is 0.296 e. The monoisotopic (exact) mass is 328 g/mol. The van der Waals surface area contributed by atoms with Gasteiger partial charge in [0.15, 0.2) is 0 Å². The van der Waals surface area contributed by atoms with Crippen molar-refractivity contribution in [1.82, 2.24) is 0 Å². The van der Waals surface area contributed by atoms with Crippen LogP contribution in [-0.4, -0.2) is 13.0 Å². The summed E-state index contributed by atoms with van der Waals surface area (Å²) in [6, 6.07) is 3.24. The van der Waals surface area contributed by atoms with Crippen LogP contribution in [-0.2, 0) is 10.1 Å². The summed E-state index contributed by atoms with van der Waals surface area (Å²) in [4.78, 5) is -0.141. The van der Waals surface area contributed by atoms with Gasteiger partial charge in [0.1, 0.15) is 4.90 Å². The molecule has 1 rings (SSSR count). The molecule has 72 valence electrons. The highest BCUT2D eigenvalue weighted by molar-refractivity contribution is 9.11. The van der Waals surface area contributed by atoms with Gasteiger partial charge in [0, 0.05) is 8.95 Å². The lowest BCUT2D eigenvalue weighted by Crippen LogP contribution is -2.00. The fraction of sp³-hybridized carbons (Fsp3) is 0.143. The van der Waals surface area contributed by atoms with Gasteiger partial charge in [-0.25, -0.2) is 0 Å². The van der Waals surface area contributed by atoms with Crippen LogP contribution in [0.1, 0.15) is 5.56 Å². The van der Waals surface area contributed by atoms with Gasteiger partial charge in [-0.05, 0) is 56.5 Å². The first-order chi connectivity index (χ1) is 5.82. The van der Waals surface area contributed by atoms with Crippen molar-refractivity contribution in [2.24, 2.45) is 0 Å². The molecule has 0 aliphatic heterocycles. The molecule has 0 spiro atoms. The molecule has 0 radical (unpaired) electrons. The van der Waals surface area contributed by atoms with Gasteiger partial charge in [-0.2, -0.15) is 8.42 Å². The Hall–Kier alpha value is 0.0900. The summed E-state index contributed by atoms with van der Waals surface area (Å²) in [7, 11) is -4.17. The van der Waals surface area contributed by atoms with E-state index in [0.29, 0.717) is 8.95 Å². The van der Waals surface area contributed by atoms with Crippen molar-refractivity contribution >= 4 is 42.0 Å². The Kier molecular flexibility index (Phi) is 3.16. The van der Waals surface area contributed by atoms with Crippen molar-refractivity contribution in [3.05, 3.63) is 26.6 Å². The van der Waals surface area contributed by atoms with Crippen LogP contribution in [0.4, 0.5) is 0 Å². The Morgan fingerprint density at radius 3 is 1.92 bits per heavy atom. The van der Waals surface area contributed by atoms with E-state index in [1.165, 1.54) is 0 Å². The molecule has 1 N–H and O–H groups in total. The normalized spacial score (nSPS) is 11.7. The zero-order valence-electron chi connectivity index (χ0n) is 6.58. The van der Waals surface area contributed by atoms with Crippen LogP contribution in [0.3, 0.4) is 0 Å². The van der Waals surface area contributed by atoms with Crippen molar-refractivity contribution in [1.29, 1.82) is 0 Å². The standard InChI is InChI=1S/C7H6Br2O3S/c1-4-2-5(8)7(6(9)3-4)13(10,11)12/h2-3H,1H3,(H,10,11,12). The molecule has 0 unspecified atom stereocenters. The lowest BCUT2D eigenvalue weighted by Gasteiger charge is -2.04. The first kappa shape index (κ1) is 11.2. The van der Waals surface area contributed by atoms with E-state index >= 15 is 0 Å². The number of hydrogen-bond acceptors (Lipinski definition) is 2. The molecule has 0 atom stereocenters. The number of rotatable bonds is 1. The lowest BCUT2D eigenvalue weighted by atomic mass is 10.2. The predicted octanol–water partition coefficient (Wildman–Crippen LogP) is 2.77. The molecule has 0 fully saturated rings. The van der Waals surface area contributed by atoms with Crippen molar-refractivity contribution in [3.8, 4) is 0 Å². The number of halogens is 2. The average molecular weight is 330 g/mol. The quantitative estimate of drug-likeness (QED) is 0.806. The number of benzene rings is 1. The van der Waals surface area contributed by atoms with E-state index in [2.05, 4.69) is 31.9 Å². The third kappa shape index (κ3) is 2.52. The summed E-state index contributed by atoms with van der Waals surface area (Å²) in [6.45, 7) is 1.82. The maximum atomic E-state index is 10.9. The Morgan fingerprint density at radius 2 is 1.62 bits per heavy atom. The molecule has 1 aromatic rings. The SMILES string of the molecule is Cc1cc(Br)c(S(=O)(=O)O)c(Br)c1. The van der Waals surface area contributed by atoms with E-state index in [1.54, 1.807) is 12.1 Å². The van der Waals surface area contributed by atoms with E-state index in [4.69, 9.17) is 4.55 Å². The van der Waals surface area contributed by atoms with E-state index in [1.807, 2.05) is 6.92 Å². The van der Waals surface area contributed by atoms with Crippen LogP contribution >= 0.6 is 31.9 Å². The first-order valence-corrected chi connectivity index (χ1v) is 6.28. The molecule has 0 saturated heterocycles. The summed E-state index contributed by atoms with van der Waals surface area (Å²) >= 11 is 6.13. The van der Waals surface area contributed by atoms with Crippen LogP contribution in [0.15, 0.2) is 26.0 Å². The van der Waals surface area contributed by atoms with Gasteiger partial charge in [-0.15, -0.1) is 0 Å². The average Bonchev–Trinajstić information content (AvgIpc) is 1.78.